The van der Waals surface area contributed by atoms with Gasteiger partial charge < -0.3 is 24.8 Å². The maximum absolute atomic E-state index is 12.8. The van der Waals surface area contributed by atoms with Gasteiger partial charge >= 0.3 is 6.03 Å². The molecule has 2 heterocycles. The van der Waals surface area contributed by atoms with Crippen LogP contribution in [0.2, 0.25) is 0 Å². The van der Waals surface area contributed by atoms with Crippen LogP contribution in [0.1, 0.15) is 37.6 Å². The van der Waals surface area contributed by atoms with Gasteiger partial charge in [-0.3, -0.25) is 4.79 Å². The molecule has 2 aromatic carbocycles. The minimum Gasteiger partial charge on any atom is -0.494 e. The Bertz CT molecular complexity index is 1140. The van der Waals surface area contributed by atoms with E-state index in [2.05, 4.69) is 20.8 Å². The predicted octanol–water partition coefficient (Wildman–Crippen LogP) is 4.44. The highest BCUT2D eigenvalue weighted by Crippen LogP contribution is 2.21. The highest BCUT2D eigenvalue weighted by Gasteiger charge is 2.24. The first-order valence-electron chi connectivity index (χ1n) is 12.4. The van der Waals surface area contributed by atoms with Crippen molar-refractivity contribution in [2.45, 2.75) is 39.5 Å². The third-order valence-corrected chi connectivity index (χ3v) is 6.18. The number of rotatable bonds is 9. The number of nitrogens with one attached hydrogen (secondary N) is 2. The van der Waals surface area contributed by atoms with E-state index >= 15 is 0 Å². The molecule has 0 bridgehead atoms. The molecule has 1 aromatic heterocycles. The van der Waals surface area contributed by atoms with Gasteiger partial charge in [0.05, 0.1) is 6.61 Å². The number of hydrogen-bond donors (Lipinski definition) is 2. The van der Waals surface area contributed by atoms with Crippen LogP contribution in [-0.4, -0.2) is 53.2 Å². The second kappa shape index (κ2) is 12.2. The maximum Gasteiger partial charge on any atom is 0.319 e. The normalized spacial score (nSPS) is 15.4. The van der Waals surface area contributed by atoms with Crippen LogP contribution in [0.15, 0.2) is 53.1 Å². The molecule has 1 aliphatic heterocycles. The number of nitrogens with zero attached hydrogens (tertiary/aromatic N) is 3. The summed E-state index contributed by atoms with van der Waals surface area (Å²) in [5, 5.41) is 9.82. The van der Waals surface area contributed by atoms with E-state index in [4.69, 9.17) is 9.26 Å². The summed E-state index contributed by atoms with van der Waals surface area (Å²) >= 11 is 0. The molecule has 9 nitrogen and oxygen atoms in total. The Balaban J connectivity index is 1.21. The van der Waals surface area contributed by atoms with Crippen LogP contribution < -0.4 is 15.4 Å². The molecule has 0 spiro atoms. The number of ether oxygens (including phenoxy) is 1. The lowest BCUT2D eigenvalue weighted by atomic mass is 9.97. The van der Waals surface area contributed by atoms with Gasteiger partial charge in [0.25, 0.3) is 0 Å². The number of amides is 3. The highest BCUT2D eigenvalue weighted by molar-refractivity contribution is 5.89. The number of benzene rings is 2. The second-order valence-corrected chi connectivity index (χ2v) is 9.02. The van der Waals surface area contributed by atoms with Crippen LogP contribution in [0.4, 0.5) is 10.5 Å². The molecule has 1 atom stereocenters. The van der Waals surface area contributed by atoms with Gasteiger partial charge in [-0.1, -0.05) is 22.9 Å². The number of anilines is 1. The van der Waals surface area contributed by atoms with Crippen LogP contribution in [0.25, 0.3) is 11.4 Å². The van der Waals surface area contributed by atoms with Crippen molar-refractivity contribution < 1.29 is 18.8 Å². The molecule has 36 heavy (non-hydrogen) atoms. The van der Waals surface area contributed by atoms with Crippen molar-refractivity contribution in [2.75, 3.05) is 31.6 Å². The summed E-state index contributed by atoms with van der Waals surface area (Å²) < 4.78 is 10.8. The molecule has 3 aromatic rings. The van der Waals surface area contributed by atoms with Crippen molar-refractivity contribution in [3.05, 3.63) is 60.0 Å². The minimum absolute atomic E-state index is 0.0598. The Morgan fingerprint density at radius 1 is 1.14 bits per heavy atom. The average Bonchev–Trinajstić information content (AvgIpc) is 3.37. The van der Waals surface area contributed by atoms with Crippen LogP contribution in [-0.2, 0) is 11.2 Å². The summed E-state index contributed by atoms with van der Waals surface area (Å²) in [5.74, 6) is 2.01. The number of piperidine rings is 1. The topological polar surface area (TPSA) is 110 Å². The molecule has 2 N–H and O–H groups in total. The Morgan fingerprint density at radius 2 is 1.92 bits per heavy atom. The molecular weight excluding hydrogens is 458 g/mol. The zero-order valence-electron chi connectivity index (χ0n) is 20.8. The van der Waals surface area contributed by atoms with Crippen molar-refractivity contribution in [2.24, 2.45) is 5.92 Å². The molecule has 9 heteroatoms. The van der Waals surface area contributed by atoms with E-state index in [9.17, 15) is 9.59 Å². The van der Waals surface area contributed by atoms with Gasteiger partial charge in [-0.25, -0.2) is 4.79 Å². The van der Waals surface area contributed by atoms with Crippen LogP contribution in [0, 0.1) is 12.8 Å². The van der Waals surface area contributed by atoms with E-state index in [0.29, 0.717) is 44.3 Å². The molecule has 1 aliphatic rings. The lowest BCUT2D eigenvalue weighted by Crippen LogP contribution is -2.44. The monoisotopic (exact) mass is 491 g/mol. The quantitative estimate of drug-likeness (QED) is 0.458. The van der Waals surface area contributed by atoms with Gasteiger partial charge in [-0.2, -0.15) is 4.98 Å². The molecule has 1 saturated heterocycles. The first-order chi connectivity index (χ1) is 17.5. The largest absolute Gasteiger partial charge is 0.494 e. The summed E-state index contributed by atoms with van der Waals surface area (Å²) in [6.07, 6.45) is 2.59. The molecule has 3 amide bonds. The van der Waals surface area contributed by atoms with Gasteiger partial charge in [-0.05, 0) is 69.0 Å². The van der Waals surface area contributed by atoms with E-state index in [1.54, 1.807) is 0 Å². The Labute approximate surface area is 211 Å². The third kappa shape index (κ3) is 7.07. The van der Waals surface area contributed by atoms with Crippen molar-refractivity contribution in [1.82, 2.24) is 20.4 Å². The fourth-order valence-corrected chi connectivity index (χ4v) is 4.22. The zero-order chi connectivity index (χ0) is 25.3. The standard InChI is InChI=1S/C27H33N5O4/c1-3-35-23-12-8-21(9-13-23)26-30-24(36-31-26)14-15-25(33)32-16-4-5-20(18-32)17-28-27(34)29-22-10-6-19(2)7-11-22/h6-13,20H,3-5,14-18H2,1-2H3,(H2,28,29,34). The van der Waals surface area contributed by atoms with Crippen LogP contribution in [0.5, 0.6) is 5.75 Å². The van der Waals surface area contributed by atoms with Crippen molar-refractivity contribution in [3.63, 3.8) is 0 Å². The molecule has 4 rings (SSSR count). The summed E-state index contributed by atoms with van der Waals surface area (Å²) in [6, 6.07) is 14.9. The Kier molecular flexibility index (Phi) is 8.54. The minimum atomic E-state index is -0.234. The van der Waals surface area contributed by atoms with Gasteiger partial charge in [0.15, 0.2) is 0 Å². The summed E-state index contributed by atoms with van der Waals surface area (Å²) in [4.78, 5) is 31.4. The smallest absolute Gasteiger partial charge is 0.319 e. The SMILES string of the molecule is CCOc1ccc(-c2noc(CCC(=O)N3CCCC(CNC(=O)Nc4ccc(C)cc4)C3)n2)cc1. The molecule has 1 unspecified atom stereocenters. The van der Waals surface area contributed by atoms with Gasteiger partial charge in [0.2, 0.25) is 17.6 Å². The number of carbonyl (C=O) groups excluding carboxylic acids is 2. The van der Waals surface area contributed by atoms with E-state index in [1.165, 1.54) is 0 Å². The van der Waals surface area contributed by atoms with E-state index in [1.807, 2.05) is 67.3 Å². The summed E-state index contributed by atoms with van der Waals surface area (Å²) in [6.45, 7) is 6.43. The number of urea groups is 1. The first kappa shape index (κ1) is 25.2. The Hall–Kier alpha value is -3.88. The molecule has 1 fully saturated rings. The van der Waals surface area contributed by atoms with Gasteiger partial charge in [0, 0.05) is 43.7 Å². The molecule has 0 radical (unpaired) electrons. The maximum atomic E-state index is 12.8. The zero-order valence-corrected chi connectivity index (χ0v) is 20.8. The van der Waals surface area contributed by atoms with E-state index in [0.717, 1.165) is 42.0 Å². The molecule has 0 aliphatic carbocycles. The first-order valence-corrected chi connectivity index (χ1v) is 12.4. The number of carbonyl (C=O) groups is 2. The number of likely N-dealkylation sites (tertiary alicyclic amines) is 1. The number of aromatic nitrogens is 2. The molecule has 0 saturated carbocycles. The molecule has 190 valence electrons. The van der Waals surface area contributed by atoms with Crippen LogP contribution >= 0.6 is 0 Å². The lowest BCUT2D eigenvalue weighted by Gasteiger charge is -2.33. The fraction of sp³-hybridized carbons (Fsp3) is 0.407. The number of aryl methyl sites for hydroxylation is 2. The summed E-state index contributed by atoms with van der Waals surface area (Å²) in [7, 11) is 0. The van der Waals surface area contributed by atoms with E-state index in [-0.39, 0.29) is 17.9 Å². The number of hydrogen-bond acceptors (Lipinski definition) is 6. The van der Waals surface area contributed by atoms with Crippen LogP contribution in [0.3, 0.4) is 0 Å². The molecular formula is C27H33N5O4. The fourth-order valence-electron chi connectivity index (χ4n) is 4.22. The third-order valence-electron chi connectivity index (χ3n) is 6.18. The van der Waals surface area contributed by atoms with E-state index < -0.39 is 0 Å². The second-order valence-electron chi connectivity index (χ2n) is 9.02. The van der Waals surface area contributed by atoms with Crippen molar-refractivity contribution in [3.8, 4) is 17.1 Å². The Morgan fingerprint density at radius 3 is 2.67 bits per heavy atom. The average molecular weight is 492 g/mol. The predicted molar refractivity (Wildman–Crippen MR) is 137 cm³/mol. The lowest BCUT2D eigenvalue weighted by molar-refractivity contribution is -0.133. The van der Waals surface area contributed by atoms with Gasteiger partial charge in [0.1, 0.15) is 5.75 Å². The van der Waals surface area contributed by atoms with Gasteiger partial charge in [-0.15, -0.1) is 0 Å². The van der Waals surface area contributed by atoms with Crippen molar-refractivity contribution >= 4 is 17.6 Å². The van der Waals surface area contributed by atoms with Crippen molar-refractivity contribution in [1.29, 1.82) is 0 Å². The summed E-state index contributed by atoms with van der Waals surface area (Å²) in [5.41, 5.74) is 2.72. The highest BCUT2D eigenvalue weighted by atomic mass is 16.5.